The second-order valence-electron chi connectivity index (χ2n) is 2.56. The fraction of sp³-hybridized carbons (Fsp3) is 0.143. The molecule has 0 saturated carbocycles. The van der Waals surface area contributed by atoms with Crippen LogP contribution >= 0.6 is 23.2 Å². The van der Waals surface area contributed by atoms with E-state index in [1.54, 1.807) is 0 Å². The Bertz CT molecular complexity index is 467. The molecule has 0 aromatic carbocycles. The molecule has 9 heteroatoms. The van der Waals surface area contributed by atoms with Crippen LogP contribution in [0.5, 0.6) is 0 Å². The summed E-state index contributed by atoms with van der Waals surface area (Å²) in [5, 5.41) is 8.59. The smallest absolute Gasteiger partial charge is 0.275 e. The molecule has 1 aromatic heterocycles. The maximum atomic E-state index is 12.5. The van der Waals surface area contributed by atoms with Crippen LogP contribution in [0.2, 0.25) is 5.15 Å². The number of pyridine rings is 1. The molecular formula is C7H2Cl2F2N2O3. The number of hydrogen-bond acceptors (Lipinski definition) is 4. The van der Waals surface area contributed by atoms with Crippen molar-refractivity contribution in [3.63, 3.8) is 0 Å². The third kappa shape index (κ3) is 2.25. The van der Waals surface area contributed by atoms with Crippen molar-refractivity contribution >= 4 is 34.1 Å². The fourth-order valence-corrected chi connectivity index (χ4v) is 1.39. The van der Waals surface area contributed by atoms with E-state index in [0.29, 0.717) is 6.20 Å². The van der Waals surface area contributed by atoms with Gasteiger partial charge in [0.25, 0.3) is 17.4 Å². The number of carbonyl (C=O) groups excluding carboxylic acids is 1. The molecule has 0 aliphatic heterocycles. The van der Waals surface area contributed by atoms with Crippen molar-refractivity contribution in [2.45, 2.75) is 6.43 Å². The average Bonchev–Trinajstić information content (AvgIpc) is 2.15. The minimum atomic E-state index is -3.23. The predicted octanol–water partition coefficient (Wildman–Crippen LogP) is 2.96. The zero-order chi connectivity index (χ0) is 12.5. The van der Waals surface area contributed by atoms with Crippen LogP contribution in [0, 0.1) is 10.1 Å². The van der Waals surface area contributed by atoms with Gasteiger partial charge in [-0.25, -0.2) is 13.8 Å². The normalized spacial score (nSPS) is 10.6. The third-order valence-electron chi connectivity index (χ3n) is 1.65. The number of aromatic nitrogens is 1. The summed E-state index contributed by atoms with van der Waals surface area (Å²) in [6, 6.07) is 0. The number of hydrogen-bond donors (Lipinski definition) is 0. The SMILES string of the molecule is O=C(Cl)c1cnc(Cl)c(C(F)F)c1[N+](=O)[O-]. The van der Waals surface area contributed by atoms with Crippen LogP contribution in [0.4, 0.5) is 14.5 Å². The number of alkyl halides is 2. The van der Waals surface area contributed by atoms with Gasteiger partial charge >= 0.3 is 0 Å². The summed E-state index contributed by atoms with van der Waals surface area (Å²) in [4.78, 5) is 23.5. The minimum Gasteiger partial charge on any atom is -0.275 e. The third-order valence-corrected chi connectivity index (χ3v) is 2.16. The Hall–Kier alpha value is -1.34. The van der Waals surface area contributed by atoms with Crippen LogP contribution in [0.3, 0.4) is 0 Å². The molecular weight excluding hydrogens is 269 g/mol. The second kappa shape index (κ2) is 4.67. The van der Waals surface area contributed by atoms with Crippen LogP contribution in [-0.4, -0.2) is 15.1 Å². The van der Waals surface area contributed by atoms with Crippen molar-refractivity contribution in [1.82, 2.24) is 4.98 Å². The van der Waals surface area contributed by atoms with Gasteiger partial charge in [0.1, 0.15) is 16.3 Å². The number of nitro groups is 1. The Morgan fingerprint density at radius 3 is 2.50 bits per heavy atom. The average molecular weight is 271 g/mol. The molecule has 0 atom stereocenters. The van der Waals surface area contributed by atoms with E-state index in [1.807, 2.05) is 0 Å². The van der Waals surface area contributed by atoms with Crippen molar-refractivity contribution in [1.29, 1.82) is 0 Å². The van der Waals surface area contributed by atoms with Gasteiger partial charge < -0.3 is 0 Å². The van der Waals surface area contributed by atoms with Crippen LogP contribution < -0.4 is 0 Å². The molecule has 0 amide bonds. The molecule has 0 spiro atoms. The molecule has 1 aromatic rings. The van der Waals surface area contributed by atoms with Gasteiger partial charge in [-0.3, -0.25) is 14.9 Å². The molecule has 1 heterocycles. The summed E-state index contributed by atoms with van der Waals surface area (Å²) in [6.07, 6.45) is -2.54. The maximum Gasteiger partial charge on any atom is 0.295 e. The second-order valence-corrected chi connectivity index (χ2v) is 3.26. The molecule has 1 rings (SSSR count). The van der Waals surface area contributed by atoms with Gasteiger partial charge in [-0.05, 0) is 11.6 Å². The summed E-state index contributed by atoms with van der Waals surface area (Å²) in [7, 11) is 0. The van der Waals surface area contributed by atoms with Crippen molar-refractivity contribution in [3.8, 4) is 0 Å². The van der Waals surface area contributed by atoms with Crippen LogP contribution in [0.15, 0.2) is 6.20 Å². The molecule has 0 aliphatic rings. The number of halogens is 4. The summed E-state index contributed by atoms with van der Waals surface area (Å²) < 4.78 is 25.0. The highest BCUT2D eigenvalue weighted by molar-refractivity contribution is 6.68. The monoisotopic (exact) mass is 270 g/mol. The summed E-state index contributed by atoms with van der Waals surface area (Å²) in [6.45, 7) is 0. The van der Waals surface area contributed by atoms with Gasteiger partial charge in [-0.1, -0.05) is 11.6 Å². The summed E-state index contributed by atoms with van der Waals surface area (Å²) in [5.74, 6) is 0. The lowest BCUT2D eigenvalue weighted by Crippen LogP contribution is -2.05. The zero-order valence-electron chi connectivity index (χ0n) is 7.29. The Morgan fingerprint density at radius 1 is 1.56 bits per heavy atom. The minimum absolute atomic E-state index is 0.682. The number of carbonyl (C=O) groups is 1. The van der Waals surface area contributed by atoms with Crippen molar-refractivity contribution in [3.05, 3.63) is 32.6 Å². The zero-order valence-corrected chi connectivity index (χ0v) is 8.80. The van der Waals surface area contributed by atoms with Crippen molar-refractivity contribution in [2.75, 3.05) is 0 Å². The quantitative estimate of drug-likeness (QED) is 0.366. The van der Waals surface area contributed by atoms with E-state index < -0.39 is 38.6 Å². The lowest BCUT2D eigenvalue weighted by molar-refractivity contribution is -0.386. The van der Waals surface area contributed by atoms with Gasteiger partial charge in [0.2, 0.25) is 0 Å². The first-order chi connectivity index (χ1) is 7.36. The van der Waals surface area contributed by atoms with Gasteiger partial charge in [0.15, 0.2) is 0 Å². The number of nitrogens with zero attached hydrogens (tertiary/aromatic N) is 2. The van der Waals surface area contributed by atoms with E-state index in [9.17, 15) is 23.7 Å². The molecule has 5 nitrogen and oxygen atoms in total. The molecule has 0 unspecified atom stereocenters. The van der Waals surface area contributed by atoms with E-state index in [4.69, 9.17) is 23.2 Å². The first kappa shape index (κ1) is 12.7. The van der Waals surface area contributed by atoms with Crippen molar-refractivity contribution in [2.24, 2.45) is 0 Å². The summed E-state index contributed by atoms with van der Waals surface area (Å²) in [5.41, 5.74) is -2.94. The van der Waals surface area contributed by atoms with Crippen molar-refractivity contribution < 1.29 is 18.5 Å². The Kier molecular flexibility index (Phi) is 3.71. The highest BCUT2D eigenvalue weighted by Crippen LogP contribution is 2.36. The standard InChI is InChI=1S/C7H2Cl2F2N2O3/c8-5-3(7(10)11)4(13(15)16)2(1-12-5)6(9)14/h1,7H. The summed E-state index contributed by atoms with van der Waals surface area (Å²) >= 11 is 10.3. The van der Waals surface area contributed by atoms with Gasteiger partial charge in [-0.2, -0.15) is 0 Å². The lowest BCUT2D eigenvalue weighted by Gasteiger charge is -2.05. The maximum absolute atomic E-state index is 12.5. The molecule has 0 N–H and O–H groups in total. The molecule has 0 bridgehead atoms. The number of rotatable bonds is 3. The first-order valence-electron chi connectivity index (χ1n) is 3.67. The van der Waals surface area contributed by atoms with Gasteiger partial charge in [-0.15, -0.1) is 0 Å². The largest absolute Gasteiger partial charge is 0.295 e. The first-order valence-corrected chi connectivity index (χ1v) is 4.42. The van der Waals surface area contributed by atoms with Crippen LogP contribution in [0.25, 0.3) is 0 Å². The van der Waals surface area contributed by atoms with E-state index in [-0.39, 0.29) is 0 Å². The molecule has 0 aliphatic carbocycles. The lowest BCUT2D eigenvalue weighted by atomic mass is 10.1. The van der Waals surface area contributed by atoms with E-state index in [0.717, 1.165) is 0 Å². The molecule has 0 fully saturated rings. The van der Waals surface area contributed by atoms with E-state index in [1.165, 1.54) is 0 Å². The Morgan fingerprint density at radius 2 is 2.12 bits per heavy atom. The van der Waals surface area contributed by atoms with Crippen LogP contribution in [-0.2, 0) is 0 Å². The van der Waals surface area contributed by atoms with Gasteiger partial charge in [0, 0.05) is 6.20 Å². The van der Waals surface area contributed by atoms with Gasteiger partial charge in [0.05, 0.1) is 4.92 Å². The highest BCUT2D eigenvalue weighted by Gasteiger charge is 2.32. The Balaban J connectivity index is 3.63. The Labute approximate surface area is 97.1 Å². The molecule has 0 saturated heterocycles. The highest BCUT2D eigenvalue weighted by atomic mass is 35.5. The predicted molar refractivity (Wildman–Crippen MR) is 51.0 cm³/mol. The fourth-order valence-electron chi connectivity index (χ4n) is 1.03. The molecule has 86 valence electrons. The molecule has 16 heavy (non-hydrogen) atoms. The van der Waals surface area contributed by atoms with E-state index in [2.05, 4.69) is 4.98 Å². The van der Waals surface area contributed by atoms with Crippen LogP contribution in [0.1, 0.15) is 22.3 Å². The molecule has 0 radical (unpaired) electrons. The van der Waals surface area contributed by atoms with E-state index >= 15 is 0 Å². The topological polar surface area (TPSA) is 73.1 Å².